The second-order valence-corrected chi connectivity index (χ2v) is 13.5. The Morgan fingerprint density at radius 2 is 1.79 bits per heavy atom. The third-order valence-electron chi connectivity index (χ3n) is 9.02. The molecule has 0 saturated carbocycles. The average Bonchev–Trinajstić information content (AvgIpc) is 3.59. The van der Waals surface area contributed by atoms with E-state index >= 15 is 0 Å². The molecule has 0 aromatic carbocycles. The van der Waals surface area contributed by atoms with Crippen molar-refractivity contribution in [2.24, 2.45) is 17.8 Å². The molecule has 14 nitrogen and oxygen atoms in total. The van der Waals surface area contributed by atoms with Crippen LogP contribution in [0.2, 0.25) is 0 Å². The number of hydrogen-bond donors (Lipinski definition) is 5. The predicted octanol–water partition coefficient (Wildman–Crippen LogP) is 2.95. The molecular formula is C33H44O14S. The summed E-state index contributed by atoms with van der Waals surface area (Å²) < 4.78 is 22.0. The quantitative estimate of drug-likeness (QED) is 0.0898. The van der Waals surface area contributed by atoms with Gasteiger partial charge in [-0.3, -0.25) is 4.79 Å². The lowest BCUT2D eigenvalue weighted by Gasteiger charge is -2.48. The lowest BCUT2D eigenvalue weighted by Crippen LogP contribution is -2.78. The molecule has 10 atom stereocenters. The summed E-state index contributed by atoms with van der Waals surface area (Å²) in [7, 11) is 0. The van der Waals surface area contributed by atoms with E-state index < -0.39 is 77.7 Å². The molecule has 0 radical (unpaired) electrons. The van der Waals surface area contributed by atoms with Gasteiger partial charge in [-0.25, -0.2) is 19.2 Å². The highest BCUT2D eigenvalue weighted by molar-refractivity contribution is 7.07. The van der Waals surface area contributed by atoms with Crippen LogP contribution >= 0.6 is 11.3 Å². The van der Waals surface area contributed by atoms with E-state index in [2.05, 4.69) is 6.58 Å². The number of carbonyl (C=O) groups excluding carboxylic acids is 2. The molecule has 15 heteroatoms. The van der Waals surface area contributed by atoms with Crippen molar-refractivity contribution in [1.29, 1.82) is 0 Å². The minimum absolute atomic E-state index is 0.120. The first-order valence-corrected chi connectivity index (χ1v) is 16.5. The predicted molar refractivity (Wildman–Crippen MR) is 169 cm³/mol. The van der Waals surface area contributed by atoms with Gasteiger partial charge in [0.05, 0.1) is 0 Å². The number of carbonyl (C=O) groups is 5. The smallest absolute Gasteiger partial charge is 0.344 e. The molecule has 2 saturated heterocycles. The van der Waals surface area contributed by atoms with Gasteiger partial charge < -0.3 is 44.5 Å². The van der Waals surface area contributed by atoms with Crippen LogP contribution < -0.4 is 0 Å². The summed E-state index contributed by atoms with van der Waals surface area (Å²) in [6.07, 6.45) is -4.75. The first-order chi connectivity index (χ1) is 22.4. The lowest BCUT2D eigenvalue weighted by atomic mass is 9.74. The van der Waals surface area contributed by atoms with E-state index in [1.54, 1.807) is 0 Å². The van der Waals surface area contributed by atoms with E-state index in [1.165, 1.54) is 24.3 Å². The summed E-state index contributed by atoms with van der Waals surface area (Å²) in [6.45, 7) is 12.9. The van der Waals surface area contributed by atoms with Gasteiger partial charge in [-0.15, -0.1) is 0 Å². The van der Waals surface area contributed by atoms with Crippen LogP contribution in [0.5, 0.6) is 0 Å². The highest BCUT2D eigenvalue weighted by Crippen LogP contribution is 2.56. The van der Waals surface area contributed by atoms with E-state index in [4.69, 9.17) is 18.9 Å². The first kappa shape index (κ1) is 38.8. The molecule has 2 bridgehead atoms. The molecule has 5 N–H and O–H groups in total. The number of carboxylic acid groups (broad SMARTS) is 3. The molecule has 0 aliphatic carbocycles. The Balaban J connectivity index is 2.02. The van der Waals surface area contributed by atoms with Crippen LogP contribution in [0.25, 0.3) is 0 Å². The monoisotopic (exact) mass is 696 g/mol. The van der Waals surface area contributed by atoms with Crippen molar-refractivity contribution in [2.45, 2.75) is 108 Å². The number of carboxylic acids is 3. The number of aliphatic hydroxyl groups excluding tert-OH is 1. The molecule has 1 aromatic rings. The van der Waals surface area contributed by atoms with Gasteiger partial charge in [-0.05, 0) is 59.1 Å². The van der Waals surface area contributed by atoms with Gasteiger partial charge in [0, 0.05) is 25.3 Å². The standard InChI is InChI=1S/C33H44O14S/c1-7-17(2)14-18(3)8-9-23(35)45-26-25(36)31(46-27(28(37)38)32(43,29(39)40)33(26,47-31)30(41)42)12-10-19(4)24(44-21(6)34)20(5)15-22-11-13-48-16-22/h8-9,11,13,16-18,20,24-27,36,43H,4,7,10,12,14-15H2,1-3,5-6H3,(H,37,38)(H,39,40)(H,41,42)/b9-8+/t17-,18+,20+,24+,25+,26+,27+,31+,32+,33+/m0/s1. The molecule has 3 rings (SSSR count). The maximum absolute atomic E-state index is 13.0. The second kappa shape index (κ2) is 15.3. The number of ether oxygens (including phenoxy) is 4. The van der Waals surface area contributed by atoms with Crippen LogP contribution in [0.15, 0.2) is 41.1 Å². The summed E-state index contributed by atoms with van der Waals surface area (Å²) in [5, 5.41) is 57.2. The number of hydrogen-bond acceptors (Lipinski definition) is 12. The van der Waals surface area contributed by atoms with E-state index in [1.807, 2.05) is 44.5 Å². The van der Waals surface area contributed by atoms with Crippen LogP contribution in [0.1, 0.15) is 65.9 Å². The second-order valence-electron chi connectivity index (χ2n) is 12.8. The summed E-state index contributed by atoms with van der Waals surface area (Å²) in [6, 6.07) is 1.90. The van der Waals surface area contributed by atoms with Crippen molar-refractivity contribution in [3.63, 3.8) is 0 Å². The zero-order valence-corrected chi connectivity index (χ0v) is 28.3. The fourth-order valence-corrected chi connectivity index (χ4v) is 7.06. The zero-order valence-electron chi connectivity index (χ0n) is 27.5. The van der Waals surface area contributed by atoms with Gasteiger partial charge in [0.15, 0.2) is 6.10 Å². The van der Waals surface area contributed by atoms with Crippen molar-refractivity contribution in [1.82, 2.24) is 0 Å². The molecule has 0 amide bonds. The van der Waals surface area contributed by atoms with Crippen molar-refractivity contribution in [2.75, 3.05) is 0 Å². The Hall–Kier alpha value is -3.63. The van der Waals surface area contributed by atoms with Gasteiger partial charge >= 0.3 is 29.8 Å². The SMILES string of the molecule is C=C(CC[C@@]12O[C@H](C(=O)O)[C@@](O)(C(=O)O)[C@@](C(=O)O)(O1)[C@H](OC(=O)/C=C/[C@@H](C)C[C@@H](C)CC)[C@H]2O)[C@@H](OC(C)=O)[C@H](C)Cc1ccsc1. The maximum atomic E-state index is 13.0. The third kappa shape index (κ3) is 7.49. The van der Waals surface area contributed by atoms with E-state index in [9.17, 15) is 49.5 Å². The van der Waals surface area contributed by atoms with E-state index in [-0.39, 0.29) is 23.8 Å². The minimum Gasteiger partial charge on any atom is -0.479 e. The topological polar surface area (TPSA) is 223 Å². The van der Waals surface area contributed by atoms with Crippen LogP contribution in [-0.2, 0) is 49.3 Å². The normalized spacial score (nSPS) is 30.6. The molecule has 2 aliphatic heterocycles. The number of esters is 2. The minimum atomic E-state index is -3.89. The summed E-state index contributed by atoms with van der Waals surface area (Å²) in [4.78, 5) is 62.8. The lowest BCUT2D eigenvalue weighted by molar-refractivity contribution is -0.374. The number of thiophene rings is 1. The summed E-state index contributed by atoms with van der Waals surface area (Å²) >= 11 is 1.48. The average molecular weight is 697 g/mol. The molecule has 0 unspecified atom stereocenters. The van der Waals surface area contributed by atoms with Gasteiger partial charge in [0.2, 0.25) is 23.1 Å². The van der Waals surface area contributed by atoms with Gasteiger partial charge in [0.25, 0.3) is 0 Å². The Kier molecular flexibility index (Phi) is 12.4. The Labute approximate surface area is 281 Å². The van der Waals surface area contributed by atoms with Gasteiger partial charge in [-0.1, -0.05) is 46.8 Å². The molecular weight excluding hydrogens is 652 g/mol. The highest BCUT2D eigenvalue weighted by Gasteiger charge is 2.85. The molecule has 3 heterocycles. The van der Waals surface area contributed by atoms with Gasteiger partial charge in [0.1, 0.15) is 12.2 Å². The molecule has 48 heavy (non-hydrogen) atoms. The van der Waals surface area contributed by atoms with Crippen molar-refractivity contribution in [3.8, 4) is 0 Å². The van der Waals surface area contributed by atoms with Crippen LogP contribution in [0, 0.1) is 17.8 Å². The van der Waals surface area contributed by atoms with Gasteiger partial charge in [-0.2, -0.15) is 11.3 Å². The van der Waals surface area contributed by atoms with Crippen molar-refractivity contribution in [3.05, 3.63) is 46.7 Å². The number of fused-ring (bicyclic) bond motifs is 2. The van der Waals surface area contributed by atoms with Crippen LogP contribution in [0.4, 0.5) is 0 Å². The largest absolute Gasteiger partial charge is 0.479 e. The molecule has 2 aliphatic rings. The third-order valence-corrected chi connectivity index (χ3v) is 9.75. The Morgan fingerprint density at radius 1 is 1.12 bits per heavy atom. The van der Waals surface area contributed by atoms with Crippen LogP contribution in [0.3, 0.4) is 0 Å². The van der Waals surface area contributed by atoms with E-state index in [0.29, 0.717) is 18.8 Å². The fourth-order valence-electron chi connectivity index (χ4n) is 6.38. The fraction of sp³-hybridized carbons (Fsp3) is 0.606. The number of allylic oxidation sites excluding steroid dienone is 1. The number of aliphatic carboxylic acids is 3. The maximum Gasteiger partial charge on any atom is 0.344 e. The Bertz CT molecular complexity index is 1410. The van der Waals surface area contributed by atoms with Crippen LogP contribution in [-0.4, -0.2) is 96.8 Å². The summed E-state index contributed by atoms with van der Waals surface area (Å²) in [5.41, 5.74) is -6.21. The number of aliphatic hydroxyl groups is 2. The zero-order chi connectivity index (χ0) is 36.2. The Morgan fingerprint density at radius 3 is 2.31 bits per heavy atom. The highest BCUT2D eigenvalue weighted by atomic mass is 32.1. The molecule has 2 fully saturated rings. The molecule has 1 aromatic heterocycles. The number of rotatable bonds is 17. The van der Waals surface area contributed by atoms with Crippen molar-refractivity contribution < 1.29 is 68.5 Å². The molecule has 266 valence electrons. The molecule has 0 spiro atoms. The van der Waals surface area contributed by atoms with E-state index in [0.717, 1.165) is 18.1 Å². The summed E-state index contributed by atoms with van der Waals surface area (Å²) in [5.74, 6) is -11.3. The van der Waals surface area contributed by atoms with Crippen molar-refractivity contribution >= 4 is 41.2 Å². The first-order valence-electron chi connectivity index (χ1n) is 15.6.